The number of aliphatic carboxylic acids is 2. The second-order valence-corrected chi connectivity index (χ2v) is 11.9. The zero-order valence-corrected chi connectivity index (χ0v) is 26.2. The number of rotatable bonds is 12. The highest BCUT2D eigenvalue weighted by atomic mass is 16.4. The summed E-state index contributed by atoms with van der Waals surface area (Å²) in [5, 5.41) is 45.8. The van der Waals surface area contributed by atoms with Gasteiger partial charge in [-0.15, -0.1) is 0 Å². The summed E-state index contributed by atoms with van der Waals surface area (Å²) in [6, 6.07) is 13.8. The minimum atomic E-state index is -0.944. The Balaban J connectivity index is 1.48. The van der Waals surface area contributed by atoms with E-state index in [1.54, 1.807) is 0 Å². The van der Waals surface area contributed by atoms with E-state index in [-0.39, 0.29) is 37.7 Å². The number of carboxylic acids is 2. The Morgan fingerprint density at radius 2 is 1.22 bits per heavy atom. The molecule has 0 spiro atoms. The maximum Gasteiger partial charge on any atom is 0.317 e. The second-order valence-electron chi connectivity index (χ2n) is 11.9. The molecule has 0 unspecified atom stereocenters. The first-order valence-electron chi connectivity index (χ1n) is 15.4. The van der Waals surface area contributed by atoms with E-state index in [4.69, 9.17) is 15.2 Å². The zero-order valence-electron chi connectivity index (χ0n) is 26.2. The number of carbonyl (C=O) groups is 2. The predicted octanol–water partition coefficient (Wildman–Crippen LogP) is 3.30. The van der Waals surface area contributed by atoms with Gasteiger partial charge in [0, 0.05) is 73.6 Å². The Bertz CT molecular complexity index is 1480. The van der Waals surface area contributed by atoms with Gasteiger partial charge in [0.05, 0.1) is 18.8 Å². The van der Waals surface area contributed by atoms with Crippen LogP contribution < -0.4 is 10.6 Å². The van der Waals surface area contributed by atoms with Crippen LogP contribution in [0.15, 0.2) is 42.5 Å². The topological polar surface area (TPSA) is 158 Å². The quantitative estimate of drug-likeness (QED) is 0.177. The van der Waals surface area contributed by atoms with Gasteiger partial charge in [-0.1, -0.05) is 41.5 Å². The van der Waals surface area contributed by atoms with Gasteiger partial charge in [0.25, 0.3) is 0 Å². The number of phenolic OH excluding ortho intramolecular Hbond substituents is 2. The molecule has 2 heterocycles. The second kappa shape index (κ2) is 16.3. The first-order valence-corrected chi connectivity index (χ1v) is 15.4. The minimum absolute atomic E-state index is 0.174. The van der Waals surface area contributed by atoms with Crippen molar-refractivity contribution in [2.75, 3.05) is 32.7 Å². The third-order valence-corrected chi connectivity index (χ3v) is 7.93. The Kier molecular flexibility index (Phi) is 12.3. The molecule has 3 aromatic rings. The van der Waals surface area contributed by atoms with Crippen LogP contribution in [0, 0.1) is 13.8 Å². The number of benzene rings is 2. The number of aromatic nitrogens is 1. The number of hydrogen-bond acceptors (Lipinski definition) is 9. The average Bonchev–Trinajstić information content (AvgIpc) is 2.97. The fourth-order valence-electron chi connectivity index (χ4n) is 5.88. The summed E-state index contributed by atoms with van der Waals surface area (Å²) in [6.07, 6.45) is 2.64. The van der Waals surface area contributed by atoms with Crippen molar-refractivity contribution in [3.63, 3.8) is 0 Å². The van der Waals surface area contributed by atoms with Crippen molar-refractivity contribution in [3.05, 3.63) is 87.2 Å². The zero-order chi connectivity index (χ0) is 32.3. The van der Waals surface area contributed by atoms with Crippen molar-refractivity contribution in [1.82, 2.24) is 25.4 Å². The number of hydrogen-bond donors (Lipinski definition) is 6. The van der Waals surface area contributed by atoms with E-state index in [9.17, 15) is 19.8 Å². The van der Waals surface area contributed by atoms with Crippen molar-refractivity contribution in [2.45, 2.75) is 65.8 Å². The van der Waals surface area contributed by atoms with Crippen LogP contribution in [0.4, 0.5) is 0 Å². The van der Waals surface area contributed by atoms with Crippen LogP contribution in [0.2, 0.25) is 0 Å². The highest BCUT2D eigenvalue weighted by Crippen LogP contribution is 2.28. The molecule has 0 fully saturated rings. The van der Waals surface area contributed by atoms with Crippen LogP contribution in [-0.2, 0) is 48.7 Å². The number of aromatic hydroxyl groups is 2. The van der Waals surface area contributed by atoms with Gasteiger partial charge in [0.15, 0.2) is 0 Å². The molecule has 0 saturated carbocycles. The molecule has 4 rings (SSSR count). The van der Waals surface area contributed by atoms with Crippen LogP contribution >= 0.6 is 0 Å². The molecule has 45 heavy (non-hydrogen) atoms. The molecule has 1 aromatic heterocycles. The molecular formula is C34H45N5O6. The average molecular weight is 620 g/mol. The van der Waals surface area contributed by atoms with E-state index < -0.39 is 11.9 Å². The normalized spacial score (nSPS) is 14.9. The fourth-order valence-corrected chi connectivity index (χ4v) is 5.88. The van der Waals surface area contributed by atoms with Gasteiger partial charge in [-0.05, 0) is 51.9 Å². The van der Waals surface area contributed by atoms with Crippen molar-refractivity contribution in [2.24, 2.45) is 0 Å². The van der Waals surface area contributed by atoms with Crippen LogP contribution in [0.3, 0.4) is 0 Å². The van der Waals surface area contributed by atoms with E-state index in [1.807, 2.05) is 56.3 Å². The Labute approximate surface area is 264 Å². The molecule has 0 aliphatic carbocycles. The SMILES string of the molecule is Cc1cc(CNCC(=O)O)c(O)c(CN2CCCCN(Cc3cc(C)cc(CNCC(=O)O)c3O)Cc3cccc(n3)CC2)c1. The number of phenols is 2. The molecule has 0 atom stereocenters. The number of nitrogens with one attached hydrogen (secondary N) is 2. The smallest absolute Gasteiger partial charge is 0.317 e. The highest BCUT2D eigenvalue weighted by molar-refractivity contribution is 5.69. The molecule has 0 amide bonds. The molecule has 242 valence electrons. The third kappa shape index (κ3) is 10.5. The van der Waals surface area contributed by atoms with Crippen LogP contribution in [0.25, 0.3) is 0 Å². The summed E-state index contributed by atoms with van der Waals surface area (Å²) in [5.74, 6) is -1.50. The van der Waals surface area contributed by atoms with Crippen molar-refractivity contribution < 1.29 is 30.0 Å². The Morgan fingerprint density at radius 3 is 1.78 bits per heavy atom. The summed E-state index contributed by atoms with van der Waals surface area (Å²) in [6.45, 7) is 8.31. The lowest BCUT2D eigenvalue weighted by Gasteiger charge is -2.27. The molecule has 0 saturated heterocycles. The van der Waals surface area contributed by atoms with E-state index in [1.165, 1.54) is 0 Å². The van der Waals surface area contributed by atoms with Crippen molar-refractivity contribution >= 4 is 11.9 Å². The Hall–Kier alpha value is -4.03. The van der Waals surface area contributed by atoms with Crippen LogP contribution in [0.1, 0.15) is 57.6 Å². The van der Waals surface area contributed by atoms with Gasteiger partial charge in [0.1, 0.15) is 11.5 Å². The number of pyridine rings is 1. The summed E-state index contributed by atoms with van der Waals surface area (Å²) < 4.78 is 0. The molecule has 11 nitrogen and oxygen atoms in total. The summed E-state index contributed by atoms with van der Waals surface area (Å²) in [4.78, 5) is 31.4. The predicted molar refractivity (Wildman–Crippen MR) is 171 cm³/mol. The minimum Gasteiger partial charge on any atom is -0.507 e. The first-order chi connectivity index (χ1) is 21.6. The van der Waals surface area contributed by atoms with E-state index >= 15 is 0 Å². The number of carboxylic acid groups (broad SMARTS) is 2. The molecule has 11 heteroatoms. The number of fused-ring (bicyclic) bond motifs is 2. The summed E-state index contributed by atoms with van der Waals surface area (Å²) in [7, 11) is 0. The molecule has 2 aromatic carbocycles. The molecule has 6 N–H and O–H groups in total. The highest BCUT2D eigenvalue weighted by Gasteiger charge is 2.18. The van der Waals surface area contributed by atoms with Gasteiger partial charge in [-0.25, -0.2) is 0 Å². The van der Waals surface area contributed by atoms with Crippen molar-refractivity contribution in [3.8, 4) is 11.5 Å². The van der Waals surface area contributed by atoms with E-state index in [2.05, 4.69) is 20.4 Å². The maximum atomic E-state index is 11.1. The summed E-state index contributed by atoms with van der Waals surface area (Å²) >= 11 is 0. The number of nitrogens with zero attached hydrogens (tertiary/aromatic N) is 3. The standard InChI is InChI=1S/C34H45N5O6/c1-23-12-25(16-35-18-31(40)41)33(44)27(14-23)20-38-9-3-4-10-39(22-30-7-5-6-29(37-30)8-11-38)21-28-15-24(2)13-26(34(28)45)17-36-19-32(42)43/h5-7,12-15,35-36,44-45H,3-4,8-11,16-22H2,1-2H3,(H,40,41)(H,42,43). The fraction of sp³-hybridized carbons (Fsp3) is 0.441. The summed E-state index contributed by atoms with van der Waals surface area (Å²) in [5.41, 5.74) is 6.95. The van der Waals surface area contributed by atoms with Crippen molar-refractivity contribution in [1.29, 1.82) is 0 Å². The third-order valence-electron chi connectivity index (χ3n) is 7.93. The lowest BCUT2D eigenvalue weighted by molar-refractivity contribution is -0.137. The largest absolute Gasteiger partial charge is 0.507 e. The monoisotopic (exact) mass is 619 g/mol. The lowest BCUT2D eigenvalue weighted by Crippen LogP contribution is -2.30. The van der Waals surface area contributed by atoms with Crippen LogP contribution in [0.5, 0.6) is 11.5 Å². The van der Waals surface area contributed by atoms with E-state index in [0.717, 1.165) is 72.5 Å². The van der Waals surface area contributed by atoms with E-state index in [0.29, 0.717) is 30.8 Å². The van der Waals surface area contributed by atoms with Gasteiger partial charge >= 0.3 is 11.9 Å². The molecule has 2 bridgehead atoms. The van der Waals surface area contributed by atoms with Gasteiger partial charge in [-0.3, -0.25) is 24.4 Å². The van der Waals surface area contributed by atoms with Crippen LogP contribution in [-0.4, -0.2) is 79.9 Å². The van der Waals surface area contributed by atoms with Gasteiger partial charge in [-0.2, -0.15) is 0 Å². The molecule has 1 aliphatic heterocycles. The maximum absolute atomic E-state index is 11.1. The van der Waals surface area contributed by atoms with Gasteiger partial charge in [0.2, 0.25) is 0 Å². The number of aryl methyl sites for hydroxylation is 2. The lowest BCUT2D eigenvalue weighted by atomic mass is 10.0. The Morgan fingerprint density at radius 1 is 0.733 bits per heavy atom. The van der Waals surface area contributed by atoms with Gasteiger partial charge < -0.3 is 31.1 Å². The molecule has 1 aliphatic rings. The first kappa shape index (κ1) is 33.9. The molecule has 0 radical (unpaired) electrons. The molecular weight excluding hydrogens is 574 g/mol.